The Morgan fingerprint density at radius 3 is 2.75 bits per heavy atom. The topological polar surface area (TPSA) is 43.1 Å². The zero-order chi connectivity index (χ0) is 11.8. The molecule has 1 unspecified atom stereocenters. The highest BCUT2D eigenvalue weighted by molar-refractivity contribution is 6.39. The predicted octanol–water partition coefficient (Wildman–Crippen LogP) is 1.37. The summed E-state index contributed by atoms with van der Waals surface area (Å²) in [6.07, 6.45) is 3.37. The smallest absolute Gasteiger partial charge is 0.173 e. The zero-order valence-corrected chi connectivity index (χ0v) is 9.92. The van der Waals surface area contributed by atoms with Gasteiger partial charge in [0, 0.05) is 5.02 Å². The third-order valence-corrected chi connectivity index (χ3v) is 3.44. The average molecular weight is 234 g/mol. The van der Waals surface area contributed by atoms with E-state index in [0.29, 0.717) is 11.4 Å². The Hall–Kier alpha value is -1.06. The Morgan fingerprint density at radius 1 is 1.38 bits per heavy atom. The molecule has 0 fully saturated rings. The van der Waals surface area contributed by atoms with Crippen LogP contribution in [0.15, 0.2) is 35.8 Å². The fourth-order valence-electron chi connectivity index (χ4n) is 2.15. The van der Waals surface area contributed by atoms with Crippen LogP contribution in [0.5, 0.6) is 0 Å². The van der Waals surface area contributed by atoms with Crippen molar-refractivity contribution in [3.63, 3.8) is 0 Å². The molecular weight excluding hydrogens is 220 g/mol. The molecule has 4 heteroatoms. The van der Waals surface area contributed by atoms with Crippen LogP contribution in [0.25, 0.3) is 0 Å². The van der Waals surface area contributed by atoms with Crippen LogP contribution in [-0.2, 0) is 10.3 Å². The molecular formula is C12H13BClNO. The summed E-state index contributed by atoms with van der Waals surface area (Å²) >= 11 is 6.11. The lowest BCUT2D eigenvalue weighted by atomic mass is 9.71. The maximum Gasteiger partial charge on any atom is 0.173 e. The van der Waals surface area contributed by atoms with Gasteiger partial charge in [-0.15, -0.1) is 0 Å². The lowest BCUT2D eigenvalue weighted by Gasteiger charge is -2.32. The Kier molecular flexibility index (Phi) is 2.91. The van der Waals surface area contributed by atoms with Gasteiger partial charge in [-0.2, -0.15) is 0 Å². The molecule has 0 spiro atoms. The molecule has 2 nitrogen and oxygen atoms in total. The molecule has 0 saturated heterocycles. The van der Waals surface area contributed by atoms with Crippen LogP contribution in [0.2, 0.25) is 5.02 Å². The first kappa shape index (κ1) is 11.4. The van der Waals surface area contributed by atoms with Crippen molar-refractivity contribution < 1.29 is 4.79 Å². The van der Waals surface area contributed by atoms with E-state index in [4.69, 9.17) is 17.3 Å². The number of hydrogen-bond acceptors (Lipinski definition) is 2. The quantitative estimate of drug-likeness (QED) is 0.745. The second kappa shape index (κ2) is 4.08. The summed E-state index contributed by atoms with van der Waals surface area (Å²) in [5, 5.41) is 0.563. The third-order valence-electron chi connectivity index (χ3n) is 3.11. The van der Waals surface area contributed by atoms with Crippen molar-refractivity contribution >= 4 is 25.2 Å². The number of hydrogen-bond donors (Lipinski definition) is 1. The van der Waals surface area contributed by atoms with E-state index in [-0.39, 0.29) is 5.78 Å². The van der Waals surface area contributed by atoms with Gasteiger partial charge in [0.15, 0.2) is 5.78 Å². The van der Waals surface area contributed by atoms with Crippen molar-refractivity contribution in [2.75, 3.05) is 0 Å². The number of benzene rings is 1. The van der Waals surface area contributed by atoms with Crippen LogP contribution in [-0.4, -0.2) is 13.6 Å². The molecule has 2 N–H and O–H groups in total. The highest BCUT2D eigenvalue weighted by Crippen LogP contribution is 2.34. The maximum atomic E-state index is 12.1. The summed E-state index contributed by atoms with van der Waals surface area (Å²) < 4.78 is 0. The van der Waals surface area contributed by atoms with Gasteiger partial charge in [0.25, 0.3) is 0 Å². The van der Waals surface area contributed by atoms with E-state index in [0.717, 1.165) is 17.5 Å². The minimum atomic E-state index is -0.947. The summed E-state index contributed by atoms with van der Waals surface area (Å²) in [6.45, 7) is 0. The van der Waals surface area contributed by atoms with E-state index in [1.54, 1.807) is 13.9 Å². The van der Waals surface area contributed by atoms with E-state index in [1.807, 2.05) is 24.3 Å². The molecule has 0 aromatic heterocycles. The fourth-order valence-corrected chi connectivity index (χ4v) is 2.46. The highest BCUT2D eigenvalue weighted by Gasteiger charge is 2.38. The standard InChI is InChI=1S/C12H13BClNO/c13-9-5-3-7-12(15,11(9)16)8-4-1-2-6-10(8)14/h1-2,4-6H,3,7,13,15H2. The van der Waals surface area contributed by atoms with Gasteiger partial charge in [0.1, 0.15) is 13.4 Å². The van der Waals surface area contributed by atoms with E-state index in [9.17, 15) is 4.79 Å². The summed E-state index contributed by atoms with van der Waals surface area (Å²) in [5.41, 5.74) is 6.75. The number of carbonyl (C=O) groups excluding carboxylic acids is 1. The van der Waals surface area contributed by atoms with Crippen LogP contribution in [0, 0.1) is 0 Å². The predicted molar refractivity (Wildman–Crippen MR) is 68.2 cm³/mol. The van der Waals surface area contributed by atoms with E-state index >= 15 is 0 Å². The molecule has 1 aliphatic carbocycles. The first-order valence-corrected chi connectivity index (χ1v) is 5.69. The van der Waals surface area contributed by atoms with Gasteiger partial charge in [-0.05, 0) is 29.9 Å². The molecule has 0 aliphatic heterocycles. The molecule has 1 aromatic rings. The number of nitrogens with two attached hydrogens (primary N) is 1. The van der Waals surface area contributed by atoms with Crippen LogP contribution in [0.1, 0.15) is 18.4 Å². The van der Waals surface area contributed by atoms with Crippen molar-refractivity contribution in [1.29, 1.82) is 0 Å². The Morgan fingerprint density at radius 2 is 2.06 bits per heavy atom. The average Bonchev–Trinajstić information content (AvgIpc) is 2.26. The lowest BCUT2D eigenvalue weighted by Crippen LogP contribution is -2.47. The Balaban J connectivity index is 2.51. The molecule has 0 amide bonds. The van der Waals surface area contributed by atoms with Crippen molar-refractivity contribution in [2.24, 2.45) is 5.73 Å². The fraction of sp³-hybridized carbons (Fsp3) is 0.250. The van der Waals surface area contributed by atoms with Gasteiger partial charge >= 0.3 is 0 Å². The van der Waals surface area contributed by atoms with Crippen molar-refractivity contribution in [2.45, 2.75) is 18.4 Å². The molecule has 82 valence electrons. The Labute approximate surface area is 101 Å². The number of rotatable bonds is 1. The molecule has 16 heavy (non-hydrogen) atoms. The van der Waals surface area contributed by atoms with Gasteiger partial charge in [-0.25, -0.2) is 0 Å². The van der Waals surface area contributed by atoms with Crippen LogP contribution in [0.4, 0.5) is 0 Å². The molecule has 0 radical (unpaired) electrons. The molecule has 0 saturated carbocycles. The lowest BCUT2D eigenvalue weighted by molar-refractivity contribution is -0.120. The number of Topliss-reactive ketones (excluding diaryl/α,β-unsaturated/α-hetero) is 1. The molecule has 1 aromatic carbocycles. The second-order valence-corrected chi connectivity index (χ2v) is 4.61. The normalized spacial score (nSPS) is 25.4. The molecule has 0 bridgehead atoms. The minimum Gasteiger partial charge on any atom is -0.315 e. The largest absolute Gasteiger partial charge is 0.315 e. The van der Waals surface area contributed by atoms with Gasteiger partial charge < -0.3 is 5.73 Å². The molecule has 0 heterocycles. The van der Waals surface area contributed by atoms with E-state index < -0.39 is 5.54 Å². The molecule has 2 rings (SSSR count). The summed E-state index contributed by atoms with van der Waals surface area (Å²) in [6, 6.07) is 7.30. The van der Waals surface area contributed by atoms with Crippen LogP contribution < -0.4 is 5.73 Å². The highest BCUT2D eigenvalue weighted by atomic mass is 35.5. The third kappa shape index (κ3) is 1.70. The van der Waals surface area contributed by atoms with Gasteiger partial charge in [0.05, 0.1) is 0 Å². The zero-order valence-electron chi connectivity index (χ0n) is 9.16. The summed E-state index contributed by atoms with van der Waals surface area (Å²) in [5.74, 6) is -0.0214. The minimum absolute atomic E-state index is 0.0214. The first-order valence-electron chi connectivity index (χ1n) is 5.31. The van der Waals surface area contributed by atoms with Crippen LogP contribution in [0.3, 0.4) is 0 Å². The van der Waals surface area contributed by atoms with Gasteiger partial charge in [-0.3, -0.25) is 4.79 Å². The van der Waals surface area contributed by atoms with Gasteiger partial charge in [-0.1, -0.05) is 35.9 Å². The number of carbonyl (C=O) groups is 1. The number of halogens is 1. The monoisotopic (exact) mass is 233 g/mol. The molecule has 1 atom stereocenters. The second-order valence-electron chi connectivity index (χ2n) is 4.21. The molecule has 1 aliphatic rings. The number of ketones is 1. The van der Waals surface area contributed by atoms with Crippen LogP contribution >= 0.6 is 11.6 Å². The SMILES string of the molecule is BC1=CCCC(N)(c2ccccc2Cl)C1=O. The van der Waals surface area contributed by atoms with Crippen molar-refractivity contribution in [1.82, 2.24) is 0 Å². The van der Waals surface area contributed by atoms with E-state index in [1.165, 1.54) is 0 Å². The summed E-state index contributed by atoms with van der Waals surface area (Å²) in [7, 11) is 1.81. The first-order chi connectivity index (χ1) is 7.55. The van der Waals surface area contributed by atoms with E-state index in [2.05, 4.69) is 0 Å². The van der Waals surface area contributed by atoms with Crippen molar-refractivity contribution in [3.05, 3.63) is 46.4 Å². The van der Waals surface area contributed by atoms with Crippen molar-refractivity contribution in [3.8, 4) is 0 Å². The van der Waals surface area contributed by atoms with Gasteiger partial charge in [0.2, 0.25) is 0 Å². The number of allylic oxidation sites excluding steroid dienone is 1. The Bertz CT molecular complexity index is 472. The summed E-state index contributed by atoms with van der Waals surface area (Å²) in [4.78, 5) is 12.1. The maximum absolute atomic E-state index is 12.1.